The van der Waals surface area contributed by atoms with Gasteiger partial charge in [-0.3, -0.25) is 9.59 Å². The lowest BCUT2D eigenvalue weighted by Gasteiger charge is -2.42. The van der Waals surface area contributed by atoms with Gasteiger partial charge in [-0.1, -0.05) is 38.1 Å². The molecule has 0 bridgehead atoms. The van der Waals surface area contributed by atoms with E-state index in [1.54, 1.807) is 17.0 Å². The summed E-state index contributed by atoms with van der Waals surface area (Å²) in [5.41, 5.74) is 1.47. The molecule has 0 aromatic heterocycles. The van der Waals surface area contributed by atoms with Gasteiger partial charge in [-0.15, -0.1) is 0 Å². The van der Waals surface area contributed by atoms with E-state index in [0.29, 0.717) is 31.5 Å². The lowest BCUT2D eigenvalue weighted by atomic mass is 9.91. The predicted molar refractivity (Wildman–Crippen MR) is 96.3 cm³/mol. The average molecular weight is 346 g/mol. The second kappa shape index (κ2) is 8.28. The normalized spacial score (nSPS) is 20.2. The molecule has 136 valence electrons. The molecule has 0 spiro atoms. The van der Waals surface area contributed by atoms with E-state index in [-0.39, 0.29) is 36.1 Å². The molecule has 0 saturated carbocycles. The first-order valence-corrected chi connectivity index (χ1v) is 8.83. The van der Waals surface area contributed by atoms with E-state index >= 15 is 0 Å². The van der Waals surface area contributed by atoms with E-state index in [9.17, 15) is 14.0 Å². The van der Waals surface area contributed by atoms with Gasteiger partial charge in [0.1, 0.15) is 5.82 Å². The molecule has 2 rings (SSSR count). The van der Waals surface area contributed by atoms with Crippen molar-refractivity contribution >= 4 is 11.8 Å². The van der Waals surface area contributed by atoms with Crippen molar-refractivity contribution in [2.45, 2.75) is 46.2 Å². The molecule has 1 aliphatic rings. The fourth-order valence-corrected chi connectivity index (χ4v) is 3.53. The van der Waals surface area contributed by atoms with E-state index < -0.39 is 0 Å². The molecular weight excluding hydrogens is 319 g/mol. The van der Waals surface area contributed by atoms with Gasteiger partial charge < -0.3 is 9.80 Å². The van der Waals surface area contributed by atoms with Crippen LogP contribution in [0.3, 0.4) is 0 Å². The third-order valence-electron chi connectivity index (χ3n) is 4.92. The Morgan fingerprint density at radius 1 is 1.44 bits per heavy atom. The minimum Gasteiger partial charge on any atom is -0.342 e. The number of benzene rings is 1. The predicted octanol–water partition coefficient (Wildman–Crippen LogP) is 3.30. The van der Waals surface area contributed by atoms with Crippen molar-refractivity contribution in [3.8, 4) is 0 Å². The Morgan fingerprint density at radius 3 is 2.76 bits per heavy atom. The van der Waals surface area contributed by atoms with Crippen molar-refractivity contribution < 1.29 is 14.0 Å². The van der Waals surface area contributed by atoms with Crippen LogP contribution in [0.2, 0.25) is 0 Å². The second-order valence-corrected chi connectivity index (χ2v) is 6.79. The third-order valence-corrected chi connectivity index (χ3v) is 4.92. The minimum absolute atomic E-state index is 0.0358. The fourth-order valence-electron chi connectivity index (χ4n) is 3.53. The Hall–Kier alpha value is -2.17. The van der Waals surface area contributed by atoms with Crippen molar-refractivity contribution in [3.63, 3.8) is 0 Å². The molecule has 1 saturated heterocycles. The quantitative estimate of drug-likeness (QED) is 0.768. The summed E-state index contributed by atoms with van der Waals surface area (Å²) in [6, 6.07) is 4.90. The topological polar surface area (TPSA) is 40.6 Å². The lowest BCUT2D eigenvalue weighted by Crippen LogP contribution is -2.52. The van der Waals surface area contributed by atoms with Gasteiger partial charge >= 0.3 is 0 Å². The van der Waals surface area contributed by atoms with Crippen LogP contribution in [0.15, 0.2) is 30.9 Å². The molecule has 2 atom stereocenters. The van der Waals surface area contributed by atoms with E-state index in [2.05, 4.69) is 6.58 Å². The fraction of sp³-hybridized carbons (Fsp3) is 0.500. The first-order chi connectivity index (χ1) is 11.9. The molecule has 0 aliphatic carbocycles. The zero-order chi connectivity index (χ0) is 18.6. The summed E-state index contributed by atoms with van der Waals surface area (Å²) in [6.45, 7) is 10.8. The molecule has 1 fully saturated rings. The van der Waals surface area contributed by atoms with Gasteiger partial charge in [-0.25, -0.2) is 4.39 Å². The first-order valence-electron chi connectivity index (χ1n) is 8.83. The number of piperidine rings is 1. The van der Waals surface area contributed by atoms with Crippen molar-refractivity contribution in [2.24, 2.45) is 5.92 Å². The van der Waals surface area contributed by atoms with Gasteiger partial charge in [-0.05, 0) is 31.4 Å². The van der Waals surface area contributed by atoms with Crippen LogP contribution in [0.4, 0.5) is 4.39 Å². The Morgan fingerprint density at radius 2 is 2.16 bits per heavy atom. The molecule has 0 N–H and O–H groups in total. The molecule has 0 radical (unpaired) electrons. The summed E-state index contributed by atoms with van der Waals surface area (Å²) >= 11 is 0. The number of hydrogen-bond acceptors (Lipinski definition) is 2. The number of halogens is 1. The average Bonchev–Trinajstić information content (AvgIpc) is 2.61. The van der Waals surface area contributed by atoms with Gasteiger partial charge in [0.15, 0.2) is 0 Å². The zero-order valence-corrected chi connectivity index (χ0v) is 15.3. The maximum atomic E-state index is 14.2. The van der Waals surface area contributed by atoms with Gasteiger partial charge in [-0.2, -0.15) is 0 Å². The number of amides is 2. The van der Waals surface area contributed by atoms with Gasteiger partial charge in [0.05, 0.1) is 0 Å². The van der Waals surface area contributed by atoms with Gasteiger partial charge in [0.25, 0.3) is 0 Å². The highest BCUT2D eigenvalue weighted by molar-refractivity contribution is 5.87. The van der Waals surface area contributed by atoms with E-state index in [0.717, 1.165) is 5.56 Å². The summed E-state index contributed by atoms with van der Waals surface area (Å²) < 4.78 is 14.2. The van der Waals surface area contributed by atoms with Crippen LogP contribution >= 0.6 is 0 Å². The number of rotatable bonds is 5. The Balaban J connectivity index is 2.20. The maximum absolute atomic E-state index is 14.2. The third kappa shape index (κ3) is 4.47. The van der Waals surface area contributed by atoms with Crippen LogP contribution in [0, 0.1) is 18.7 Å². The SMILES string of the molecule is C=CC(=O)N(Cc1cc(C)ccc1F)C1CCN(C(=O)CC)CC1C. The molecule has 2 unspecified atom stereocenters. The summed E-state index contributed by atoms with van der Waals surface area (Å²) in [7, 11) is 0. The van der Waals surface area contributed by atoms with Crippen LogP contribution in [-0.4, -0.2) is 40.7 Å². The summed E-state index contributed by atoms with van der Waals surface area (Å²) in [6.07, 6.45) is 2.46. The monoisotopic (exact) mass is 346 g/mol. The summed E-state index contributed by atoms with van der Waals surface area (Å²) in [5.74, 6) is -0.246. The number of hydrogen-bond donors (Lipinski definition) is 0. The van der Waals surface area contributed by atoms with Gasteiger partial charge in [0.2, 0.25) is 11.8 Å². The Bertz CT molecular complexity index is 659. The van der Waals surface area contributed by atoms with Crippen LogP contribution in [0.1, 0.15) is 37.8 Å². The highest BCUT2D eigenvalue weighted by Gasteiger charge is 2.34. The number of aryl methyl sites for hydroxylation is 1. The summed E-state index contributed by atoms with van der Waals surface area (Å²) in [5, 5.41) is 0. The molecular formula is C20H27FN2O2. The smallest absolute Gasteiger partial charge is 0.246 e. The zero-order valence-electron chi connectivity index (χ0n) is 15.3. The molecule has 5 heteroatoms. The molecule has 1 aliphatic heterocycles. The number of nitrogens with zero attached hydrogens (tertiary/aromatic N) is 2. The van der Waals surface area contributed by atoms with E-state index in [1.807, 2.05) is 25.7 Å². The molecule has 1 aromatic rings. The first kappa shape index (κ1) is 19.2. The maximum Gasteiger partial charge on any atom is 0.246 e. The molecule has 4 nitrogen and oxygen atoms in total. The highest BCUT2D eigenvalue weighted by Crippen LogP contribution is 2.25. The molecule has 25 heavy (non-hydrogen) atoms. The largest absolute Gasteiger partial charge is 0.342 e. The Kier molecular flexibility index (Phi) is 6.34. The lowest BCUT2D eigenvalue weighted by molar-refractivity contribution is -0.136. The van der Waals surface area contributed by atoms with Crippen LogP contribution in [-0.2, 0) is 16.1 Å². The van der Waals surface area contributed by atoms with Crippen LogP contribution < -0.4 is 0 Å². The van der Waals surface area contributed by atoms with Crippen LogP contribution in [0.5, 0.6) is 0 Å². The van der Waals surface area contributed by atoms with Crippen molar-refractivity contribution in [2.75, 3.05) is 13.1 Å². The standard InChI is InChI=1S/C20H27FN2O2/c1-5-19(24)22-10-9-18(15(4)12-22)23(20(25)6-2)13-16-11-14(3)7-8-17(16)21/h6-8,11,15,18H,2,5,9-10,12-13H2,1,3-4H3. The Labute approximate surface area is 149 Å². The van der Waals surface area contributed by atoms with Crippen molar-refractivity contribution in [1.29, 1.82) is 0 Å². The van der Waals surface area contributed by atoms with Crippen molar-refractivity contribution in [1.82, 2.24) is 9.80 Å². The molecule has 2 amide bonds. The minimum atomic E-state index is -0.307. The summed E-state index contributed by atoms with van der Waals surface area (Å²) in [4.78, 5) is 27.9. The molecule has 1 heterocycles. The van der Waals surface area contributed by atoms with E-state index in [1.165, 1.54) is 12.1 Å². The van der Waals surface area contributed by atoms with E-state index in [4.69, 9.17) is 0 Å². The van der Waals surface area contributed by atoms with Crippen molar-refractivity contribution in [3.05, 3.63) is 47.8 Å². The van der Waals surface area contributed by atoms with Crippen LogP contribution in [0.25, 0.3) is 0 Å². The van der Waals surface area contributed by atoms with Gasteiger partial charge in [0, 0.05) is 37.7 Å². The second-order valence-electron chi connectivity index (χ2n) is 6.79. The number of carbonyl (C=O) groups excluding carboxylic acids is 2. The molecule has 1 aromatic carbocycles. The number of carbonyl (C=O) groups is 2. The highest BCUT2D eigenvalue weighted by atomic mass is 19.1. The number of likely N-dealkylation sites (tertiary alicyclic amines) is 1.